The van der Waals surface area contributed by atoms with Gasteiger partial charge in [-0.05, 0) is 29.2 Å². The summed E-state index contributed by atoms with van der Waals surface area (Å²) in [4.78, 5) is 57.4. The fraction of sp³-hybridized carbons (Fsp3) is 0.281. The van der Waals surface area contributed by atoms with Crippen LogP contribution in [0.15, 0.2) is 83.3 Å². The molecule has 0 aliphatic carbocycles. The molecule has 1 aliphatic rings. The lowest BCUT2D eigenvalue weighted by molar-refractivity contribution is -0.145. The maximum atomic E-state index is 13.8. The lowest BCUT2D eigenvalue weighted by Crippen LogP contribution is -2.57. The van der Waals surface area contributed by atoms with Gasteiger partial charge in [0.15, 0.2) is 11.5 Å². The van der Waals surface area contributed by atoms with Gasteiger partial charge in [-0.2, -0.15) is 0 Å². The lowest BCUT2D eigenvalue weighted by Gasteiger charge is -2.25. The Kier molecular flexibility index (Phi) is 9.30. The third kappa shape index (κ3) is 7.56. The van der Waals surface area contributed by atoms with E-state index in [1.54, 1.807) is 18.2 Å². The average Bonchev–Trinajstić information content (AvgIpc) is 3.45. The van der Waals surface area contributed by atoms with Crippen LogP contribution in [0.25, 0.3) is 11.1 Å². The van der Waals surface area contributed by atoms with E-state index in [2.05, 4.69) is 20.9 Å². The molecule has 3 aromatic carbocycles. The molecule has 1 aliphatic heterocycles. The number of nitrogens with zero attached hydrogens (tertiary/aromatic N) is 1. The van der Waals surface area contributed by atoms with Gasteiger partial charge in [0.25, 0.3) is 0 Å². The minimum absolute atomic E-state index is 0.0111. The minimum atomic E-state index is -1.13. The Bertz CT molecular complexity index is 1590. The number of benzene rings is 3. The summed E-state index contributed by atoms with van der Waals surface area (Å²) in [6.45, 7) is 0.0111. The summed E-state index contributed by atoms with van der Waals surface area (Å²) in [6.07, 6.45) is -0.178. The van der Waals surface area contributed by atoms with Crippen LogP contribution in [0.1, 0.15) is 29.0 Å². The van der Waals surface area contributed by atoms with Crippen LogP contribution in [0.2, 0.25) is 0 Å². The number of fused-ring (bicyclic) bond motifs is 1. The largest absolute Gasteiger partial charge is 0.467 e. The van der Waals surface area contributed by atoms with Crippen molar-refractivity contribution in [2.24, 2.45) is 0 Å². The standard InChI is InChI=1S/C32H32N4O7/c1-41-31(39)23-15-16-27-36-28-22(13-8-14-26(28)43-27)18-25(35-32(40)42-19-21-11-6-3-7-12-21)30(38)34-24(29(37)33-23)17-20-9-4-2-5-10-20/h2-14,23-25H,15-19H2,1H3,(H,33,37)(H,34,38)(H,35,40)/t23?,24?,25-/m0/s1. The van der Waals surface area contributed by atoms with Gasteiger partial charge in [-0.25, -0.2) is 14.6 Å². The van der Waals surface area contributed by atoms with Gasteiger partial charge in [0.1, 0.15) is 30.2 Å². The van der Waals surface area contributed by atoms with Gasteiger partial charge in [0, 0.05) is 19.3 Å². The molecule has 2 unspecified atom stereocenters. The molecule has 1 aromatic heterocycles. The molecule has 222 valence electrons. The van der Waals surface area contributed by atoms with E-state index < -0.39 is 42.0 Å². The number of hydrogen-bond acceptors (Lipinski definition) is 8. The van der Waals surface area contributed by atoms with Crippen molar-refractivity contribution in [3.63, 3.8) is 0 Å². The molecule has 11 nitrogen and oxygen atoms in total. The summed E-state index contributed by atoms with van der Waals surface area (Å²) in [5.74, 6) is -1.46. The van der Waals surface area contributed by atoms with Crippen LogP contribution in [0.3, 0.4) is 0 Å². The summed E-state index contributed by atoms with van der Waals surface area (Å²) < 4.78 is 16.2. The van der Waals surface area contributed by atoms with Gasteiger partial charge in [0.05, 0.1) is 7.11 Å². The SMILES string of the molecule is COC(=O)C1CCc2nc3c(cccc3o2)C[C@H](NC(=O)OCc2ccccc2)C(=O)NC(Cc2ccccc2)C(=O)N1. The van der Waals surface area contributed by atoms with Crippen LogP contribution < -0.4 is 16.0 Å². The van der Waals surface area contributed by atoms with Crippen molar-refractivity contribution in [1.29, 1.82) is 0 Å². The van der Waals surface area contributed by atoms with Gasteiger partial charge in [-0.3, -0.25) is 9.59 Å². The summed E-state index contributed by atoms with van der Waals surface area (Å²) in [6, 6.07) is 20.4. The van der Waals surface area contributed by atoms with E-state index in [9.17, 15) is 19.2 Å². The fourth-order valence-electron chi connectivity index (χ4n) is 4.92. The Morgan fingerprint density at radius 1 is 0.930 bits per heavy atom. The maximum absolute atomic E-state index is 13.8. The van der Waals surface area contributed by atoms with E-state index >= 15 is 0 Å². The van der Waals surface area contributed by atoms with Crippen molar-refractivity contribution in [2.45, 2.75) is 50.4 Å². The van der Waals surface area contributed by atoms with E-state index in [1.165, 1.54) is 7.11 Å². The highest BCUT2D eigenvalue weighted by atomic mass is 16.5. The third-order valence-corrected chi connectivity index (χ3v) is 7.16. The van der Waals surface area contributed by atoms with Crippen LogP contribution >= 0.6 is 0 Å². The zero-order valence-electron chi connectivity index (χ0n) is 23.6. The van der Waals surface area contributed by atoms with Crippen molar-refractivity contribution >= 4 is 35.0 Å². The Morgan fingerprint density at radius 2 is 1.65 bits per heavy atom. The summed E-state index contributed by atoms with van der Waals surface area (Å²) in [7, 11) is 1.24. The molecule has 2 heterocycles. The van der Waals surface area contributed by atoms with Crippen molar-refractivity contribution in [3.05, 3.63) is 101 Å². The molecule has 3 N–H and O–H groups in total. The molecule has 43 heavy (non-hydrogen) atoms. The van der Waals surface area contributed by atoms with Gasteiger partial charge >= 0.3 is 12.1 Å². The molecular formula is C32H32N4O7. The summed E-state index contributed by atoms with van der Waals surface area (Å²) in [5, 5.41) is 8.17. The number of oxazole rings is 1. The van der Waals surface area contributed by atoms with Crippen LogP contribution in [-0.4, -0.2) is 54.1 Å². The average molecular weight is 585 g/mol. The number of para-hydroxylation sites is 1. The van der Waals surface area contributed by atoms with E-state index in [-0.39, 0.29) is 32.3 Å². The molecule has 5 rings (SSSR count). The summed E-state index contributed by atoms with van der Waals surface area (Å²) >= 11 is 0. The van der Waals surface area contributed by atoms with Crippen molar-refractivity contribution in [2.75, 3.05) is 7.11 Å². The molecule has 0 saturated carbocycles. The number of methoxy groups -OCH3 is 1. The first-order valence-corrected chi connectivity index (χ1v) is 14.0. The molecule has 3 amide bonds. The molecule has 0 radical (unpaired) electrons. The molecular weight excluding hydrogens is 552 g/mol. The zero-order valence-corrected chi connectivity index (χ0v) is 23.6. The van der Waals surface area contributed by atoms with Crippen LogP contribution in [0.4, 0.5) is 4.79 Å². The van der Waals surface area contributed by atoms with E-state index in [0.29, 0.717) is 22.6 Å². The van der Waals surface area contributed by atoms with Gasteiger partial charge in [0.2, 0.25) is 11.8 Å². The number of esters is 1. The second-order valence-electron chi connectivity index (χ2n) is 10.2. The molecule has 4 aromatic rings. The number of amides is 3. The number of nitrogens with one attached hydrogen (secondary N) is 3. The zero-order chi connectivity index (χ0) is 30.2. The quantitative estimate of drug-likeness (QED) is 0.293. The topological polar surface area (TPSA) is 149 Å². The lowest BCUT2D eigenvalue weighted by atomic mass is 10.0. The third-order valence-electron chi connectivity index (χ3n) is 7.16. The molecule has 0 fully saturated rings. The first kappa shape index (κ1) is 29.3. The van der Waals surface area contributed by atoms with E-state index in [0.717, 1.165) is 11.1 Å². The predicted octanol–water partition coefficient (Wildman–Crippen LogP) is 3.00. The normalized spacial score (nSPS) is 19.1. The number of hydrogen-bond donors (Lipinski definition) is 3. The minimum Gasteiger partial charge on any atom is -0.467 e. The number of aryl methyl sites for hydroxylation is 1. The number of rotatable bonds is 6. The van der Waals surface area contributed by atoms with E-state index in [4.69, 9.17) is 13.9 Å². The van der Waals surface area contributed by atoms with Crippen molar-refractivity contribution < 1.29 is 33.1 Å². The summed E-state index contributed by atoms with van der Waals surface area (Å²) in [5.41, 5.74) is 3.26. The van der Waals surface area contributed by atoms with Crippen LogP contribution in [0, 0.1) is 0 Å². The smallest absolute Gasteiger partial charge is 0.408 e. The Hall–Kier alpha value is -5.19. The maximum Gasteiger partial charge on any atom is 0.408 e. The van der Waals surface area contributed by atoms with Crippen molar-refractivity contribution in [1.82, 2.24) is 20.9 Å². The Morgan fingerprint density at radius 3 is 2.37 bits per heavy atom. The number of carbonyl (C=O) groups excluding carboxylic acids is 4. The van der Waals surface area contributed by atoms with Crippen molar-refractivity contribution in [3.8, 4) is 0 Å². The van der Waals surface area contributed by atoms with Crippen LogP contribution in [0.5, 0.6) is 0 Å². The number of ether oxygens (including phenoxy) is 2. The van der Waals surface area contributed by atoms with Gasteiger partial charge in [-0.15, -0.1) is 0 Å². The van der Waals surface area contributed by atoms with E-state index in [1.807, 2.05) is 60.7 Å². The second kappa shape index (κ2) is 13.6. The monoisotopic (exact) mass is 584 g/mol. The molecule has 0 saturated heterocycles. The number of aromatic nitrogens is 1. The van der Waals surface area contributed by atoms with Gasteiger partial charge in [-0.1, -0.05) is 72.8 Å². The number of carbonyl (C=O) groups is 4. The number of alkyl carbamates (subject to hydrolysis) is 1. The van der Waals surface area contributed by atoms with Crippen LogP contribution in [-0.2, 0) is 49.7 Å². The Labute approximate surface area is 248 Å². The highest BCUT2D eigenvalue weighted by Gasteiger charge is 2.32. The van der Waals surface area contributed by atoms with Gasteiger partial charge < -0.3 is 29.8 Å². The molecule has 11 heteroatoms. The molecule has 0 spiro atoms. The first-order valence-electron chi connectivity index (χ1n) is 14.0. The fourth-order valence-corrected chi connectivity index (χ4v) is 4.92. The Balaban J connectivity index is 1.46. The first-order chi connectivity index (χ1) is 20.9. The second-order valence-corrected chi connectivity index (χ2v) is 10.2. The predicted molar refractivity (Wildman–Crippen MR) is 156 cm³/mol. The highest BCUT2D eigenvalue weighted by Crippen LogP contribution is 2.23. The molecule has 3 atom stereocenters. The highest BCUT2D eigenvalue weighted by molar-refractivity contribution is 5.93. The molecule has 2 bridgehead atoms.